The Labute approximate surface area is 142 Å². The predicted molar refractivity (Wildman–Crippen MR) is 92.8 cm³/mol. The van der Waals surface area contributed by atoms with Crippen LogP contribution in [0.2, 0.25) is 0 Å². The molecule has 1 N–H and O–H groups in total. The maximum atomic E-state index is 11.0. The Morgan fingerprint density at radius 3 is 1.38 bits per heavy atom. The summed E-state index contributed by atoms with van der Waals surface area (Å²) < 4.78 is 11.5. The number of benzene rings is 3. The Morgan fingerprint density at radius 1 is 0.583 bits per heavy atom. The van der Waals surface area contributed by atoms with E-state index in [2.05, 4.69) is 0 Å². The largest absolute Gasteiger partial charge is 0.339 e. The van der Waals surface area contributed by atoms with Gasteiger partial charge in [0.1, 0.15) is 0 Å². The quantitative estimate of drug-likeness (QED) is 0.662. The zero-order valence-corrected chi connectivity index (χ0v) is 13.3. The molecule has 3 aromatic carbocycles. The molecule has 0 amide bonds. The number of rotatable bonds is 7. The van der Waals surface area contributed by atoms with Crippen LogP contribution in [0, 0.1) is 0 Å². The summed E-state index contributed by atoms with van der Waals surface area (Å²) in [5.41, 5.74) is 2.50. The minimum Gasteiger partial charge on any atom is -0.339 e. The minimum absolute atomic E-state index is 0.251. The van der Waals surface area contributed by atoms with Crippen molar-refractivity contribution in [1.29, 1.82) is 0 Å². The zero-order chi connectivity index (χ0) is 16.7. The van der Waals surface area contributed by atoms with Gasteiger partial charge in [-0.1, -0.05) is 91.0 Å². The molecule has 0 atom stereocenters. The summed E-state index contributed by atoms with van der Waals surface area (Å²) in [7, 11) is 0. The average molecular weight is 320 g/mol. The summed E-state index contributed by atoms with van der Waals surface area (Å²) in [4.78, 5) is 0. The Bertz CT molecular complexity index is 683. The summed E-state index contributed by atoms with van der Waals surface area (Å²) in [6, 6.07) is 28.6. The number of hydrogen-bond donors (Lipinski definition) is 1. The van der Waals surface area contributed by atoms with Crippen molar-refractivity contribution in [2.24, 2.45) is 0 Å². The highest BCUT2D eigenvalue weighted by Crippen LogP contribution is 2.27. The van der Waals surface area contributed by atoms with Gasteiger partial charge in [0.25, 0.3) is 0 Å². The van der Waals surface area contributed by atoms with Crippen molar-refractivity contribution in [2.45, 2.75) is 19.2 Å². The number of hydrogen-bond acceptors (Lipinski definition) is 3. The van der Waals surface area contributed by atoms with Gasteiger partial charge in [0.05, 0.1) is 13.2 Å². The molecule has 3 rings (SSSR count). The van der Waals surface area contributed by atoms with E-state index in [1.54, 1.807) is 12.1 Å². The van der Waals surface area contributed by atoms with Gasteiger partial charge < -0.3 is 14.6 Å². The maximum absolute atomic E-state index is 11.0. The van der Waals surface area contributed by atoms with Crippen molar-refractivity contribution >= 4 is 0 Å². The van der Waals surface area contributed by atoms with Gasteiger partial charge >= 0.3 is 5.97 Å². The molecule has 3 heteroatoms. The van der Waals surface area contributed by atoms with Crippen molar-refractivity contribution in [3.63, 3.8) is 0 Å². The second-order valence-electron chi connectivity index (χ2n) is 5.50. The summed E-state index contributed by atoms with van der Waals surface area (Å²) in [5.74, 6) is -1.80. The first-order chi connectivity index (χ1) is 11.8. The molecule has 24 heavy (non-hydrogen) atoms. The first-order valence-corrected chi connectivity index (χ1v) is 7.90. The summed E-state index contributed by atoms with van der Waals surface area (Å²) in [6.07, 6.45) is 0. The van der Waals surface area contributed by atoms with E-state index < -0.39 is 5.97 Å². The van der Waals surface area contributed by atoms with E-state index >= 15 is 0 Å². The molecule has 0 aromatic heterocycles. The molecule has 0 fully saturated rings. The van der Waals surface area contributed by atoms with Gasteiger partial charge in [0, 0.05) is 5.56 Å². The van der Waals surface area contributed by atoms with E-state index in [1.807, 2.05) is 78.9 Å². The van der Waals surface area contributed by atoms with Crippen LogP contribution in [0.3, 0.4) is 0 Å². The van der Waals surface area contributed by atoms with Gasteiger partial charge in [-0.2, -0.15) is 0 Å². The lowest BCUT2D eigenvalue weighted by molar-refractivity contribution is -0.383. The van der Waals surface area contributed by atoms with Crippen molar-refractivity contribution < 1.29 is 14.6 Å². The van der Waals surface area contributed by atoms with Crippen LogP contribution in [0.1, 0.15) is 16.7 Å². The molecule has 3 nitrogen and oxygen atoms in total. The van der Waals surface area contributed by atoms with Gasteiger partial charge in [0.2, 0.25) is 0 Å². The van der Waals surface area contributed by atoms with E-state index in [9.17, 15) is 5.11 Å². The normalized spacial score (nSPS) is 11.4. The molecule has 122 valence electrons. The Balaban J connectivity index is 1.75. The highest BCUT2D eigenvalue weighted by Gasteiger charge is 2.32. The van der Waals surface area contributed by atoms with Crippen LogP contribution in [0.25, 0.3) is 0 Å². The summed E-state index contributed by atoms with van der Waals surface area (Å²) in [6.45, 7) is 0.502. The van der Waals surface area contributed by atoms with Crippen LogP contribution in [-0.4, -0.2) is 5.11 Å². The molecule has 0 unspecified atom stereocenters. The van der Waals surface area contributed by atoms with Gasteiger partial charge in [0.15, 0.2) is 0 Å². The van der Waals surface area contributed by atoms with Gasteiger partial charge in [-0.05, 0) is 11.1 Å². The third-order valence-corrected chi connectivity index (χ3v) is 3.69. The fourth-order valence-corrected chi connectivity index (χ4v) is 2.37. The third kappa shape index (κ3) is 4.30. The zero-order valence-electron chi connectivity index (χ0n) is 13.3. The van der Waals surface area contributed by atoms with E-state index in [0.29, 0.717) is 5.56 Å². The van der Waals surface area contributed by atoms with Gasteiger partial charge in [-0.25, -0.2) is 0 Å². The second kappa shape index (κ2) is 7.88. The Hall–Kier alpha value is -2.46. The SMILES string of the molecule is OC(OCc1ccccc1)(OCc1ccccc1)c1ccccc1. The predicted octanol–water partition coefficient (Wildman–Crippen LogP) is 4.22. The first kappa shape index (κ1) is 16.4. The van der Waals surface area contributed by atoms with Crippen LogP contribution < -0.4 is 0 Å². The maximum Gasteiger partial charge on any atom is 0.310 e. The van der Waals surface area contributed by atoms with Crippen LogP contribution in [-0.2, 0) is 28.7 Å². The monoisotopic (exact) mass is 320 g/mol. The molecule has 0 aliphatic rings. The van der Waals surface area contributed by atoms with E-state index in [1.165, 1.54) is 0 Å². The molecule has 0 saturated heterocycles. The smallest absolute Gasteiger partial charge is 0.310 e. The lowest BCUT2D eigenvalue weighted by Crippen LogP contribution is -2.32. The standard InChI is InChI=1S/C21H20O3/c22-21(20-14-8-3-9-15-20,23-16-18-10-4-1-5-11-18)24-17-19-12-6-2-7-13-19/h1-15,22H,16-17H2. The molecule has 0 radical (unpaired) electrons. The molecule has 0 heterocycles. The molecular weight excluding hydrogens is 300 g/mol. The van der Waals surface area contributed by atoms with E-state index in [4.69, 9.17) is 9.47 Å². The highest BCUT2D eigenvalue weighted by molar-refractivity contribution is 5.19. The fraction of sp³-hybridized carbons (Fsp3) is 0.143. The summed E-state index contributed by atoms with van der Waals surface area (Å²) >= 11 is 0. The number of ether oxygens (including phenoxy) is 2. The van der Waals surface area contributed by atoms with Crippen molar-refractivity contribution in [3.05, 3.63) is 108 Å². The molecule has 0 spiro atoms. The number of aliphatic hydroxyl groups is 1. The van der Waals surface area contributed by atoms with Gasteiger partial charge in [-0.15, -0.1) is 0 Å². The molecule has 0 saturated carbocycles. The van der Waals surface area contributed by atoms with Crippen LogP contribution in [0.4, 0.5) is 0 Å². The van der Waals surface area contributed by atoms with Gasteiger partial charge in [-0.3, -0.25) is 0 Å². The minimum atomic E-state index is -1.80. The molecule has 0 bridgehead atoms. The average Bonchev–Trinajstić information content (AvgIpc) is 2.67. The molecule has 0 aliphatic heterocycles. The van der Waals surface area contributed by atoms with Crippen molar-refractivity contribution in [1.82, 2.24) is 0 Å². The highest BCUT2D eigenvalue weighted by atomic mass is 16.8. The lowest BCUT2D eigenvalue weighted by Gasteiger charge is -2.28. The van der Waals surface area contributed by atoms with Crippen LogP contribution in [0.15, 0.2) is 91.0 Å². The van der Waals surface area contributed by atoms with E-state index in [-0.39, 0.29) is 13.2 Å². The van der Waals surface area contributed by atoms with Crippen molar-refractivity contribution in [3.8, 4) is 0 Å². The van der Waals surface area contributed by atoms with Crippen LogP contribution >= 0.6 is 0 Å². The Kier molecular flexibility index (Phi) is 5.39. The molecule has 0 aliphatic carbocycles. The molecule has 3 aromatic rings. The second-order valence-corrected chi connectivity index (χ2v) is 5.50. The lowest BCUT2D eigenvalue weighted by atomic mass is 10.2. The van der Waals surface area contributed by atoms with Crippen LogP contribution in [0.5, 0.6) is 0 Å². The molecular formula is C21H20O3. The Morgan fingerprint density at radius 2 is 0.958 bits per heavy atom. The first-order valence-electron chi connectivity index (χ1n) is 7.90. The third-order valence-electron chi connectivity index (χ3n) is 3.69. The van der Waals surface area contributed by atoms with E-state index in [0.717, 1.165) is 11.1 Å². The fourth-order valence-electron chi connectivity index (χ4n) is 2.37. The van der Waals surface area contributed by atoms with Crippen molar-refractivity contribution in [2.75, 3.05) is 0 Å². The topological polar surface area (TPSA) is 38.7 Å². The summed E-state index contributed by atoms with van der Waals surface area (Å²) in [5, 5.41) is 11.0.